The van der Waals surface area contributed by atoms with Crippen LogP contribution in [-0.4, -0.2) is 47.6 Å². The minimum Gasteiger partial charge on any atom is -0.497 e. The summed E-state index contributed by atoms with van der Waals surface area (Å²) >= 11 is 1.39. The van der Waals surface area contributed by atoms with E-state index in [0.717, 1.165) is 28.4 Å². The number of thiazole rings is 1. The number of hydrogen-bond acceptors (Lipinski definition) is 6. The van der Waals surface area contributed by atoms with Crippen molar-refractivity contribution >= 4 is 17.2 Å². The number of aryl methyl sites for hydroxylation is 1. The van der Waals surface area contributed by atoms with Crippen LogP contribution >= 0.6 is 11.3 Å². The zero-order valence-corrected chi connectivity index (χ0v) is 17.3. The Labute approximate surface area is 174 Å². The second-order valence-electron chi connectivity index (χ2n) is 6.96. The van der Waals surface area contributed by atoms with E-state index in [4.69, 9.17) is 14.5 Å². The van der Waals surface area contributed by atoms with Crippen LogP contribution in [0.5, 0.6) is 5.75 Å². The Bertz CT molecular complexity index is 1000. The zero-order chi connectivity index (χ0) is 20.2. The predicted octanol–water partition coefficient (Wildman–Crippen LogP) is 3.66. The van der Waals surface area contributed by atoms with Gasteiger partial charge in [0.1, 0.15) is 16.7 Å². The molecule has 6 nitrogen and oxygen atoms in total. The fraction of sp³-hybridized carbons (Fsp3) is 0.318. The Morgan fingerprint density at radius 2 is 2.17 bits per heavy atom. The molecule has 29 heavy (non-hydrogen) atoms. The average molecular weight is 410 g/mol. The van der Waals surface area contributed by atoms with E-state index in [1.54, 1.807) is 12.6 Å². The zero-order valence-electron chi connectivity index (χ0n) is 16.5. The van der Waals surface area contributed by atoms with Crippen LogP contribution in [-0.2, 0) is 11.2 Å². The van der Waals surface area contributed by atoms with E-state index in [1.165, 1.54) is 11.3 Å². The van der Waals surface area contributed by atoms with Crippen molar-refractivity contribution in [3.8, 4) is 5.75 Å². The van der Waals surface area contributed by atoms with Gasteiger partial charge in [-0.2, -0.15) is 0 Å². The van der Waals surface area contributed by atoms with Crippen LogP contribution in [0.1, 0.15) is 38.4 Å². The molecule has 0 spiro atoms. The van der Waals surface area contributed by atoms with Gasteiger partial charge in [0.15, 0.2) is 0 Å². The molecular weight excluding hydrogens is 386 g/mol. The van der Waals surface area contributed by atoms with Gasteiger partial charge in [-0.15, -0.1) is 11.3 Å². The predicted molar refractivity (Wildman–Crippen MR) is 111 cm³/mol. The summed E-state index contributed by atoms with van der Waals surface area (Å²) in [5, 5.41) is 0. The van der Waals surface area contributed by atoms with Crippen LogP contribution in [0.25, 0.3) is 0 Å². The molecule has 150 valence electrons. The number of benzene rings is 1. The third kappa shape index (κ3) is 4.46. The van der Waals surface area contributed by atoms with E-state index >= 15 is 0 Å². The summed E-state index contributed by atoms with van der Waals surface area (Å²) < 4.78 is 11.2. The molecule has 0 bridgehead atoms. The Morgan fingerprint density at radius 3 is 2.97 bits per heavy atom. The van der Waals surface area contributed by atoms with Crippen molar-refractivity contribution in [2.75, 3.05) is 26.8 Å². The van der Waals surface area contributed by atoms with Gasteiger partial charge in [-0.3, -0.25) is 9.78 Å². The molecule has 1 fully saturated rings. The highest BCUT2D eigenvalue weighted by Crippen LogP contribution is 2.24. The summed E-state index contributed by atoms with van der Waals surface area (Å²) in [6.45, 7) is 3.43. The second-order valence-corrected chi connectivity index (χ2v) is 7.81. The quantitative estimate of drug-likeness (QED) is 0.643. The summed E-state index contributed by atoms with van der Waals surface area (Å²) in [7, 11) is 1.67. The van der Waals surface area contributed by atoms with Gasteiger partial charge >= 0.3 is 0 Å². The number of rotatable bonds is 5. The van der Waals surface area contributed by atoms with Crippen molar-refractivity contribution in [3.63, 3.8) is 0 Å². The Hall–Kier alpha value is -2.77. The van der Waals surface area contributed by atoms with Gasteiger partial charge in [-0.25, -0.2) is 4.98 Å². The molecule has 1 saturated heterocycles. The molecule has 1 aliphatic rings. The topological polar surface area (TPSA) is 64.5 Å². The number of nitrogens with zero attached hydrogens (tertiary/aromatic N) is 3. The van der Waals surface area contributed by atoms with Crippen LogP contribution in [0.3, 0.4) is 0 Å². The highest BCUT2D eigenvalue weighted by Gasteiger charge is 2.28. The van der Waals surface area contributed by atoms with Gasteiger partial charge in [0.2, 0.25) is 0 Å². The highest BCUT2D eigenvalue weighted by atomic mass is 32.1. The normalized spacial score (nSPS) is 16.6. The van der Waals surface area contributed by atoms with Crippen LogP contribution in [0.15, 0.2) is 48.0 Å². The molecule has 0 N–H and O–H groups in total. The Kier molecular flexibility index (Phi) is 5.87. The standard InChI is InChI=1S/C22H23N3O3S/c1-15-21(29-14-23-15)22(26)25-9-10-28-20(13-25)19-8-4-6-17(24-19)11-16-5-3-7-18(12-16)27-2/h3-8,12,14,20H,9-11,13H2,1-2H3. The SMILES string of the molecule is COc1cccc(Cc2cccc(C3CN(C(=O)c4scnc4C)CCO3)n2)c1. The first-order valence-electron chi connectivity index (χ1n) is 9.54. The van der Waals surface area contributed by atoms with Gasteiger partial charge in [-0.1, -0.05) is 18.2 Å². The molecule has 1 aliphatic heterocycles. The summed E-state index contributed by atoms with van der Waals surface area (Å²) in [5.74, 6) is 0.854. The van der Waals surface area contributed by atoms with Gasteiger partial charge in [0.05, 0.1) is 37.2 Å². The van der Waals surface area contributed by atoms with Crippen LogP contribution in [0.4, 0.5) is 0 Å². The lowest BCUT2D eigenvalue weighted by Gasteiger charge is -2.32. The maximum atomic E-state index is 12.8. The summed E-state index contributed by atoms with van der Waals surface area (Å²) in [5.41, 5.74) is 5.44. The first-order valence-corrected chi connectivity index (χ1v) is 10.4. The number of carbonyl (C=O) groups is 1. The van der Waals surface area contributed by atoms with E-state index in [1.807, 2.05) is 48.2 Å². The maximum absolute atomic E-state index is 12.8. The minimum atomic E-state index is -0.230. The molecule has 1 unspecified atom stereocenters. The molecular formula is C22H23N3O3S. The number of carbonyl (C=O) groups excluding carboxylic acids is 1. The summed E-state index contributed by atoms with van der Waals surface area (Å²) in [6, 6.07) is 14.0. The van der Waals surface area contributed by atoms with Crippen molar-refractivity contribution in [3.05, 3.63) is 75.5 Å². The van der Waals surface area contributed by atoms with Gasteiger partial charge in [-0.05, 0) is 36.8 Å². The molecule has 0 radical (unpaired) electrons. The smallest absolute Gasteiger partial charge is 0.266 e. The van der Waals surface area contributed by atoms with Crippen molar-refractivity contribution < 1.29 is 14.3 Å². The van der Waals surface area contributed by atoms with E-state index in [9.17, 15) is 4.79 Å². The second kappa shape index (κ2) is 8.71. The van der Waals surface area contributed by atoms with Crippen molar-refractivity contribution in [2.24, 2.45) is 0 Å². The minimum absolute atomic E-state index is 0.0193. The molecule has 0 aliphatic carbocycles. The van der Waals surface area contributed by atoms with E-state index in [0.29, 0.717) is 31.0 Å². The van der Waals surface area contributed by atoms with Crippen molar-refractivity contribution in [2.45, 2.75) is 19.4 Å². The van der Waals surface area contributed by atoms with E-state index in [2.05, 4.69) is 11.1 Å². The molecule has 1 amide bonds. The molecule has 0 saturated carbocycles. The third-order valence-electron chi connectivity index (χ3n) is 4.97. The summed E-state index contributed by atoms with van der Waals surface area (Å²) in [4.78, 5) is 24.4. The van der Waals surface area contributed by atoms with Gasteiger partial charge in [0, 0.05) is 18.7 Å². The lowest BCUT2D eigenvalue weighted by molar-refractivity contribution is -0.0246. The van der Waals surface area contributed by atoms with Crippen molar-refractivity contribution in [1.29, 1.82) is 0 Å². The highest BCUT2D eigenvalue weighted by molar-refractivity contribution is 7.11. The summed E-state index contributed by atoms with van der Waals surface area (Å²) in [6.07, 6.45) is 0.478. The molecule has 4 rings (SSSR count). The first-order chi connectivity index (χ1) is 14.1. The fourth-order valence-corrected chi connectivity index (χ4v) is 4.20. The third-order valence-corrected chi connectivity index (χ3v) is 5.89. The van der Waals surface area contributed by atoms with Gasteiger partial charge < -0.3 is 14.4 Å². The maximum Gasteiger partial charge on any atom is 0.266 e. The van der Waals surface area contributed by atoms with E-state index in [-0.39, 0.29) is 12.0 Å². The number of ether oxygens (including phenoxy) is 2. The number of morpholine rings is 1. The van der Waals surface area contributed by atoms with Crippen LogP contribution in [0, 0.1) is 6.92 Å². The Morgan fingerprint density at radius 1 is 1.31 bits per heavy atom. The number of amides is 1. The molecule has 1 aromatic carbocycles. The lowest BCUT2D eigenvalue weighted by Crippen LogP contribution is -2.42. The molecule has 1 atom stereocenters. The molecule has 2 aromatic heterocycles. The monoisotopic (exact) mass is 409 g/mol. The largest absolute Gasteiger partial charge is 0.497 e. The number of pyridine rings is 1. The van der Waals surface area contributed by atoms with Crippen LogP contribution in [0.2, 0.25) is 0 Å². The Balaban J connectivity index is 1.48. The first kappa shape index (κ1) is 19.5. The van der Waals surface area contributed by atoms with Crippen LogP contribution < -0.4 is 4.74 Å². The molecule has 3 aromatic rings. The van der Waals surface area contributed by atoms with Gasteiger partial charge in [0.25, 0.3) is 5.91 Å². The molecule has 7 heteroatoms. The van der Waals surface area contributed by atoms with Crippen molar-refractivity contribution in [1.82, 2.24) is 14.9 Å². The molecule has 3 heterocycles. The number of aromatic nitrogens is 2. The average Bonchev–Trinajstić information content (AvgIpc) is 3.19. The lowest BCUT2D eigenvalue weighted by atomic mass is 10.1. The number of hydrogen-bond donors (Lipinski definition) is 0. The van der Waals surface area contributed by atoms with E-state index < -0.39 is 0 Å². The fourth-order valence-electron chi connectivity index (χ4n) is 3.43. The number of methoxy groups -OCH3 is 1.